The molecule has 0 spiro atoms. The molecule has 0 amide bonds. The van der Waals surface area contributed by atoms with Crippen LogP contribution in [0.2, 0.25) is 0 Å². The van der Waals surface area contributed by atoms with Crippen molar-refractivity contribution in [3.63, 3.8) is 0 Å². The van der Waals surface area contributed by atoms with E-state index in [0.29, 0.717) is 0 Å². The molecular weight excluding hydrogens is 266 g/mol. The fourth-order valence-corrected chi connectivity index (χ4v) is 2.93. The van der Waals surface area contributed by atoms with Crippen molar-refractivity contribution in [2.75, 3.05) is 14.2 Å². The summed E-state index contributed by atoms with van der Waals surface area (Å²) in [6.07, 6.45) is 0. The first-order valence-corrected chi connectivity index (χ1v) is 7.01. The van der Waals surface area contributed by atoms with E-state index in [2.05, 4.69) is 17.6 Å². The third-order valence-corrected chi connectivity index (χ3v) is 3.92. The molecule has 0 atom stereocenters. The highest BCUT2D eigenvalue weighted by molar-refractivity contribution is 6.11. The number of benzene rings is 2. The molecule has 3 rings (SSSR count). The Morgan fingerprint density at radius 3 is 2.48 bits per heavy atom. The van der Waals surface area contributed by atoms with Crippen LogP contribution in [0.3, 0.4) is 0 Å². The van der Waals surface area contributed by atoms with Gasteiger partial charge in [-0.1, -0.05) is 6.07 Å². The third-order valence-electron chi connectivity index (χ3n) is 3.92. The molecule has 1 heterocycles. The molecule has 110 valence electrons. The summed E-state index contributed by atoms with van der Waals surface area (Å²) in [6.45, 7) is 3.01. The van der Waals surface area contributed by atoms with E-state index in [-0.39, 0.29) is 6.61 Å². The molecule has 4 nitrogen and oxygen atoms in total. The smallest absolute Gasteiger partial charge is 0.132 e. The number of aryl methyl sites for hydroxylation is 1. The van der Waals surface area contributed by atoms with Crippen LogP contribution in [0, 0.1) is 0 Å². The van der Waals surface area contributed by atoms with Crippen LogP contribution in [-0.4, -0.2) is 23.9 Å². The van der Waals surface area contributed by atoms with Crippen LogP contribution in [0.25, 0.3) is 21.8 Å². The second-order valence-corrected chi connectivity index (χ2v) is 4.98. The normalized spacial score (nSPS) is 11.2. The lowest BCUT2D eigenvalue weighted by Crippen LogP contribution is -1.94. The Hall–Kier alpha value is -2.20. The predicted octanol–water partition coefficient (Wildman–Crippen LogP) is 3.32. The van der Waals surface area contributed by atoms with Crippen molar-refractivity contribution < 1.29 is 14.6 Å². The lowest BCUT2D eigenvalue weighted by atomic mass is 10.1. The van der Waals surface area contributed by atoms with Crippen LogP contribution in [0.1, 0.15) is 12.5 Å². The van der Waals surface area contributed by atoms with Gasteiger partial charge in [0.2, 0.25) is 0 Å². The number of hydrogen-bond acceptors (Lipinski definition) is 3. The first-order valence-electron chi connectivity index (χ1n) is 7.01. The van der Waals surface area contributed by atoms with Crippen molar-refractivity contribution in [1.82, 2.24) is 4.57 Å². The van der Waals surface area contributed by atoms with Gasteiger partial charge in [-0.25, -0.2) is 0 Å². The van der Waals surface area contributed by atoms with E-state index in [1.54, 1.807) is 14.2 Å². The Kier molecular flexibility index (Phi) is 3.47. The van der Waals surface area contributed by atoms with Gasteiger partial charge in [0.15, 0.2) is 0 Å². The highest BCUT2D eigenvalue weighted by atomic mass is 16.5. The summed E-state index contributed by atoms with van der Waals surface area (Å²) in [4.78, 5) is 0. The van der Waals surface area contributed by atoms with Crippen molar-refractivity contribution in [1.29, 1.82) is 0 Å². The van der Waals surface area contributed by atoms with Gasteiger partial charge in [-0.2, -0.15) is 0 Å². The van der Waals surface area contributed by atoms with Crippen LogP contribution in [0.15, 0.2) is 30.3 Å². The zero-order chi connectivity index (χ0) is 15.0. The van der Waals surface area contributed by atoms with E-state index in [4.69, 9.17) is 9.47 Å². The van der Waals surface area contributed by atoms with Crippen LogP contribution in [0.4, 0.5) is 0 Å². The maximum absolute atomic E-state index is 9.38. The molecule has 21 heavy (non-hydrogen) atoms. The molecule has 1 N–H and O–H groups in total. The van der Waals surface area contributed by atoms with Crippen molar-refractivity contribution in [3.05, 3.63) is 35.9 Å². The van der Waals surface area contributed by atoms with E-state index in [1.807, 2.05) is 24.3 Å². The lowest BCUT2D eigenvalue weighted by Gasteiger charge is -2.08. The summed E-state index contributed by atoms with van der Waals surface area (Å²) in [5, 5.41) is 11.5. The van der Waals surface area contributed by atoms with Crippen LogP contribution < -0.4 is 9.47 Å². The lowest BCUT2D eigenvalue weighted by molar-refractivity contribution is 0.282. The maximum Gasteiger partial charge on any atom is 0.132 e. The molecule has 0 saturated heterocycles. The van der Waals surface area contributed by atoms with Gasteiger partial charge in [0, 0.05) is 35.0 Å². The fourth-order valence-electron chi connectivity index (χ4n) is 2.93. The molecule has 2 aromatic carbocycles. The zero-order valence-corrected chi connectivity index (χ0v) is 12.5. The molecule has 0 radical (unpaired) electrons. The van der Waals surface area contributed by atoms with Gasteiger partial charge in [0.1, 0.15) is 11.5 Å². The number of nitrogens with zero attached hydrogens (tertiary/aromatic N) is 1. The van der Waals surface area contributed by atoms with E-state index >= 15 is 0 Å². The average molecular weight is 285 g/mol. The number of methoxy groups -OCH3 is 2. The van der Waals surface area contributed by atoms with Crippen molar-refractivity contribution in [2.24, 2.45) is 0 Å². The SMILES string of the molecule is CCn1c2ccc(CO)cc2c2c(OC)cc(OC)cc21. The first-order chi connectivity index (χ1) is 10.2. The average Bonchev–Trinajstić information content (AvgIpc) is 2.86. The Morgan fingerprint density at radius 2 is 1.86 bits per heavy atom. The van der Waals surface area contributed by atoms with Crippen molar-refractivity contribution in [2.45, 2.75) is 20.1 Å². The van der Waals surface area contributed by atoms with Gasteiger partial charge in [0.05, 0.1) is 26.3 Å². The molecule has 0 fully saturated rings. The maximum atomic E-state index is 9.38. The molecule has 4 heteroatoms. The van der Waals surface area contributed by atoms with Crippen LogP contribution in [0.5, 0.6) is 11.5 Å². The zero-order valence-electron chi connectivity index (χ0n) is 12.5. The minimum Gasteiger partial charge on any atom is -0.497 e. The quantitative estimate of drug-likeness (QED) is 0.799. The molecule has 0 aliphatic rings. The summed E-state index contributed by atoms with van der Waals surface area (Å²) in [5.41, 5.74) is 3.12. The Balaban J connectivity index is 2.50. The van der Waals surface area contributed by atoms with E-state index < -0.39 is 0 Å². The Morgan fingerprint density at radius 1 is 1.05 bits per heavy atom. The van der Waals surface area contributed by atoms with Gasteiger partial charge in [0.25, 0.3) is 0 Å². The molecular formula is C17H19NO3. The van der Waals surface area contributed by atoms with Crippen molar-refractivity contribution in [3.8, 4) is 11.5 Å². The highest BCUT2D eigenvalue weighted by Crippen LogP contribution is 2.39. The molecule has 1 aromatic heterocycles. The minimum absolute atomic E-state index is 0.0349. The Bertz CT molecular complexity index is 805. The standard InChI is InChI=1S/C17H19NO3/c1-4-18-14-6-5-11(10-19)7-13(14)17-15(18)8-12(20-2)9-16(17)21-3/h5-9,19H,4,10H2,1-3H3. The van der Waals surface area contributed by atoms with Crippen molar-refractivity contribution >= 4 is 21.8 Å². The van der Waals surface area contributed by atoms with E-state index in [1.165, 1.54) is 0 Å². The van der Waals surface area contributed by atoms with E-state index in [9.17, 15) is 5.11 Å². The Labute approximate surface area is 123 Å². The second kappa shape index (κ2) is 5.30. The molecule has 3 aromatic rings. The summed E-state index contributed by atoms with van der Waals surface area (Å²) in [5.74, 6) is 1.57. The molecule has 0 aliphatic heterocycles. The summed E-state index contributed by atoms with van der Waals surface area (Å²) < 4.78 is 13.2. The summed E-state index contributed by atoms with van der Waals surface area (Å²) >= 11 is 0. The molecule has 0 bridgehead atoms. The first kappa shape index (κ1) is 13.8. The second-order valence-electron chi connectivity index (χ2n) is 4.98. The monoisotopic (exact) mass is 285 g/mol. The van der Waals surface area contributed by atoms with E-state index in [0.717, 1.165) is 45.4 Å². The van der Waals surface area contributed by atoms with Gasteiger partial charge in [-0.15, -0.1) is 0 Å². The minimum atomic E-state index is 0.0349. The van der Waals surface area contributed by atoms with Gasteiger partial charge in [-0.05, 0) is 24.6 Å². The summed E-state index contributed by atoms with van der Waals surface area (Å²) in [7, 11) is 3.32. The van der Waals surface area contributed by atoms with Gasteiger partial charge < -0.3 is 19.1 Å². The topological polar surface area (TPSA) is 43.6 Å². The highest BCUT2D eigenvalue weighted by Gasteiger charge is 2.16. The molecule has 0 aliphatic carbocycles. The third kappa shape index (κ3) is 2.03. The number of aromatic nitrogens is 1. The predicted molar refractivity (Wildman–Crippen MR) is 84.1 cm³/mol. The number of ether oxygens (including phenoxy) is 2. The number of fused-ring (bicyclic) bond motifs is 3. The largest absolute Gasteiger partial charge is 0.497 e. The number of aliphatic hydroxyl groups is 1. The number of aliphatic hydroxyl groups excluding tert-OH is 1. The van der Waals surface area contributed by atoms with Crippen LogP contribution >= 0.6 is 0 Å². The fraction of sp³-hybridized carbons (Fsp3) is 0.294. The van der Waals surface area contributed by atoms with Gasteiger partial charge in [-0.3, -0.25) is 0 Å². The molecule has 0 unspecified atom stereocenters. The van der Waals surface area contributed by atoms with Gasteiger partial charge >= 0.3 is 0 Å². The number of hydrogen-bond donors (Lipinski definition) is 1. The molecule has 0 saturated carbocycles. The van der Waals surface area contributed by atoms with Crippen LogP contribution in [-0.2, 0) is 13.2 Å². The summed E-state index contributed by atoms with van der Waals surface area (Å²) in [6, 6.07) is 9.96. The number of rotatable bonds is 4.